The minimum Gasteiger partial charge on any atom is -0.460 e. The predicted molar refractivity (Wildman–Crippen MR) is 116 cm³/mol. The highest BCUT2D eigenvalue weighted by atomic mass is 79.9. The van der Waals surface area contributed by atoms with E-state index in [1.807, 2.05) is 36.4 Å². The molecule has 8 nitrogen and oxygen atoms in total. The topological polar surface area (TPSA) is 99.0 Å². The molecule has 2 aliphatic heterocycles. The lowest BCUT2D eigenvalue weighted by Crippen LogP contribution is -2.30. The molecule has 5 rings (SSSR count). The molecule has 0 aromatic heterocycles. The molecular formula is C23H15BrN2O6. The van der Waals surface area contributed by atoms with Crippen molar-refractivity contribution in [1.29, 1.82) is 0 Å². The van der Waals surface area contributed by atoms with Gasteiger partial charge >= 0.3 is 0 Å². The summed E-state index contributed by atoms with van der Waals surface area (Å²) in [5.74, 6) is -0.523. The van der Waals surface area contributed by atoms with Crippen LogP contribution in [0.3, 0.4) is 0 Å². The van der Waals surface area contributed by atoms with Crippen LogP contribution in [0, 0.1) is 10.1 Å². The van der Waals surface area contributed by atoms with Crippen LogP contribution in [0.4, 0.5) is 5.69 Å². The standard InChI is InChI=1S/C23H15BrN2O6/c24-16-8-14(20-15(9-16)12-31-23(32-20)13-4-2-1-3-5-13)11-25-21(27)18-7-6-17(26(29)30)10-19(18)22(25)28/h1-10,23H,11-12H2/t23-/m1/s1. The summed E-state index contributed by atoms with van der Waals surface area (Å²) >= 11 is 3.46. The summed E-state index contributed by atoms with van der Waals surface area (Å²) < 4.78 is 12.7. The van der Waals surface area contributed by atoms with Crippen LogP contribution in [-0.2, 0) is 17.9 Å². The minimum atomic E-state index is -0.617. The summed E-state index contributed by atoms with van der Waals surface area (Å²) in [6, 6.07) is 16.8. The van der Waals surface area contributed by atoms with E-state index in [1.165, 1.54) is 12.1 Å². The number of non-ortho nitro benzene ring substituents is 1. The molecule has 0 saturated heterocycles. The van der Waals surface area contributed by atoms with Crippen LogP contribution >= 0.6 is 15.9 Å². The normalized spacial score (nSPS) is 17.0. The van der Waals surface area contributed by atoms with Crippen LogP contribution < -0.4 is 4.74 Å². The molecule has 0 saturated carbocycles. The van der Waals surface area contributed by atoms with Crippen molar-refractivity contribution < 1.29 is 24.0 Å². The molecule has 0 bridgehead atoms. The highest BCUT2D eigenvalue weighted by Gasteiger charge is 2.38. The van der Waals surface area contributed by atoms with Gasteiger partial charge in [-0.25, -0.2) is 0 Å². The second-order valence-electron chi connectivity index (χ2n) is 7.41. The first-order valence-corrected chi connectivity index (χ1v) is 10.5. The number of nitro groups is 1. The lowest BCUT2D eigenvalue weighted by Gasteiger charge is -2.29. The molecule has 3 aromatic rings. The average Bonchev–Trinajstić information content (AvgIpc) is 3.03. The Balaban J connectivity index is 1.48. The highest BCUT2D eigenvalue weighted by molar-refractivity contribution is 9.10. The Hall–Kier alpha value is -3.56. The van der Waals surface area contributed by atoms with Crippen molar-refractivity contribution in [2.45, 2.75) is 19.4 Å². The van der Waals surface area contributed by atoms with E-state index in [4.69, 9.17) is 9.47 Å². The predicted octanol–water partition coefficient (Wildman–Crippen LogP) is 4.76. The third-order valence-electron chi connectivity index (χ3n) is 5.39. The van der Waals surface area contributed by atoms with E-state index in [0.717, 1.165) is 26.6 Å². The number of nitro benzene ring substituents is 1. The van der Waals surface area contributed by atoms with Gasteiger partial charge in [-0.1, -0.05) is 46.3 Å². The molecule has 0 unspecified atom stereocenters. The molecule has 0 spiro atoms. The van der Waals surface area contributed by atoms with E-state index in [-0.39, 0.29) is 23.4 Å². The number of hydrogen-bond acceptors (Lipinski definition) is 6. The SMILES string of the molecule is O=C1c2ccc([N+](=O)[O-])cc2C(=O)N1Cc1cc(Br)cc2c1O[C@H](c1ccccc1)OC2. The number of nitrogens with zero attached hydrogens (tertiary/aromatic N) is 2. The summed E-state index contributed by atoms with van der Waals surface area (Å²) in [5, 5.41) is 11.1. The summed E-state index contributed by atoms with van der Waals surface area (Å²) in [5.41, 5.74) is 2.20. The fourth-order valence-corrected chi connectivity index (χ4v) is 4.43. The number of ether oxygens (including phenoxy) is 2. The van der Waals surface area contributed by atoms with Gasteiger partial charge in [0.15, 0.2) is 0 Å². The molecule has 2 aliphatic rings. The molecule has 2 heterocycles. The van der Waals surface area contributed by atoms with E-state index in [2.05, 4.69) is 15.9 Å². The molecule has 1 atom stereocenters. The maximum atomic E-state index is 12.9. The monoisotopic (exact) mass is 494 g/mol. The van der Waals surface area contributed by atoms with Gasteiger partial charge in [-0.2, -0.15) is 0 Å². The Kier molecular flexibility index (Phi) is 4.99. The Morgan fingerprint density at radius 2 is 1.78 bits per heavy atom. The first kappa shape index (κ1) is 20.3. The van der Waals surface area contributed by atoms with Crippen LogP contribution in [0.25, 0.3) is 0 Å². The van der Waals surface area contributed by atoms with Gasteiger partial charge in [0, 0.05) is 33.3 Å². The molecule has 0 N–H and O–H groups in total. The zero-order chi connectivity index (χ0) is 22.4. The maximum Gasteiger partial charge on any atom is 0.270 e. The largest absolute Gasteiger partial charge is 0.460 e. The molecule has 32 heavy (non-hydrogen) atoms. The Morgan fingerprint density at radius 3 is 2.53 bits per heavy atom. The molecule has 3 aromatic carbocycles. The molecule has 2 amide bonds. The smallest absolute Gasteiger partial charge is 0.270 e. The molecule has 160 valence electrons. The Morgan fingerprint density at radius 1 is 1.03 bits per heavy atom. The molecule has 0 aliphatic carbocycles. The summed E-state index contributed by atoms with van der Waals surface area (Å²) in [6.45, 7) is 0.263. The number of imide groups is 1. The maximum absolute atomic E-state index is 12.9. The van der Waals surface area contributed by atoms with E-state index >= 15 is 0 Å². The van der Waals surface area contributed by atoms with Crippen LogP contribution in [0.15, 0.2) is 65.1 Å². The van der Waals surface area contributed by atoms with Crippen LogP contribution in [0.5, 0.6) is 5.75 Å². The van der Waals surface area contributed by atoms with Gasteiger partial charge in [-0.05, 0) is 18.2 Å². The zero-order valence-corrected chi connectivity index (χ0v) is 18.1. The second-order valence-corrected chi connectivity index (χ2v) is 8.32. The first-order chi connectivity index (χ1) is 15.4. The van der Waals surface area contributed by atoms with Crippen molar-refractivity contribution in [3.05, 3.63) is 103 Å². The van der Waals surface area contributed by atoms with Crippen molar-refractivity contribution >= 4 is 33.4 Å². The number of carbonyl (C=O) groups is 2. The number of hydrogen-bond donors (Lipinski definition) is 0. The molecule has 0 fully saturated rings. The Labute approximate surface area is 190 Å². The zero-order valence-electron chi connectivity index (χ0n) is 16.5. The molecule has 0 radical (unpaired) electrons. The van der Waals surface area contributed by atoms with E-state index in [0.29, 0.717) is 17.9 Å². The van der Waals surface area contributed by atoms with E-state index < -0.39 is 23.0 Å². The average molecular weight is 495 g/mol. The quantitative estimate of drug-likeness (QED) is 0.294. The van der Waals surface area contributed by atoms with E-state index in [1.54, 1.807) is 6.07 Å². The van der Waals surface area contributed by atoms with Crippen LogP contribution in [0.1, 0.15) is 43.7 Å². The lowest BCUT2D eigenvalue weighted by molar-refractivity contribution is -0.384. The van der Waals surface area contributed by atoms with Gasteiger partial charge in [0.1, 0.15) is 5.75 Å². The number of benzene rings is 3. The fraction of sp³-hybridized carbons (Fsp3) is 0.130. The number of halogens is 1. The van der Waals surface area contributed by atoms with Crippen LogP contribution in [0.2, 0.25) is 0 Å². The minimum absolute atomic E-state index is 0.0273. The number of rotatable bonds is 4. The molecule has 9 heteroatoms. The first-order valence-electron chi connectivity index (χ1n) is 9.71. The number of carbonyl (C=O) groups excluding carboxylic acids is 2. The van der Waals surface area contributed by atoms with Gasteiger partial charge in [0.2, 0.25) is 6.29 Å². The van der Waals surface area contributed by atoms with Gasteiger partial charge in [0.25, 0.3) is 17.5 Å². The summed E-state index contributed by atoms with van der Waals surface area (Å²) in [7, 11) is 0. The van der Waals surface area contributed by atoms with Gasteiger partial charge < -0.3 is 9.47 Å². The highest BCUT2D eigenvalue weighted by Crippen LogP contribution is 2.39. The molecular weight excluding hydrogens is 480 g/mol. The van der Waals surface area contributed by atoms with Crippen molar-refractivity contribution in [3.63, 3.8) is 0 Å². The summed E-state index contributed by atoms with van der Waals surface area (Å²) in [6.07, 6.45) is -0.617. The number of amides is 2. The van der Waals surface area contributed by atoms with Crippen molar-refractivity contribution in [2.75, 3.05) is 0 Å². The van der Waals surface area contributed by atoms with Gasteiger partial charge in [-0.3, -0.25) is 24.6 Å². The third-order valence-corrected chi connectivity index (χ3v) is 5.85. The summed E-state index contributed by atoms with van der Waals surface area (Å²) in [4.78, 5) is 37.4. The van der Waals surface area contributed by atoms with Crippen molar-refractivity contribution in [2.24, 2.45) is 0 Å². The second kappa shape index (κ2) is 7.85. The fourth-order valence-electron chi connectivity index (χ4n) is 3.88. The lowest BCUT2D eigenvalue weighted by atomic mass is 10.1. The van der Waals surface area contributed by atoms with Crippen LogP contribution in [-0.4, -0.2) is 21.6 Å². The van der Waals surface area contributed by atoms with Crippen molar-refractivity contribution in [3.8, 4) is 5.75 Å². The van der Waals surface area contributed by atoms with Gasteiger partial charge in [0.05, 0.1) is 29.2 Å². The third kappa shape index (κ3) is 3.45. The van der Waals surface area contributed by atoms with Gasteiger partial charge in [-0.15, -0.1) is 0 Å². The number of fused-ring (bicyclic) bond motifs is 2. The Bertz CT molecular complexity index is 1280. The van der Waals surface area contributed by atoms with E-state index in [9.17, 15) is 19.7 Å². The van der Waals surface area contributed by atoms with Crippen molar-refractivity contribution in [1.82, 2.24) is 4.90 Å².